The third kappa shape index (κ3) is 2.48. The van der Waals surface area contributed by atoms with Gasteiger partial charge in [-0.05, 0) is 45.1 Å². The Kier molecular flexibility index (Phi) is 3.80. The number of likely N-dealkylation sites (tertiary alicyclic amines) is 1. The van der Waals surface area contributed by atoms with Crippen molar-refractivity contribution in [3.8, 4) is 0 Å². The van der Waals surface area contributed by atoms with E-state index in [0.29, 0.717) is 18.0 Å². The molecule has 2 heterocycles. The van der Waals surface area contributed by atoms with Crippen LogP contribution < -0.4 is 5.73 Å². The second kappa shape index (κ2) is 5.30. The first-order valence-corrected chi connectivity index (χ1v) is 8.30. The monoisotopic (exact) mass is 279 g/mol. The number of hydrogen-bond acceptors (Lipinski definition) is 3. The summed E-state index contributed by atoms with van der Waals surface area (Å²) in [6, 6.07) is 1.23. The zero-order valence-electron chi connectivity index (χ0n) is 13.0. The lowest BCUT2D eigenvalue weighted by Gasteiger charge is -2.39. The van der Waals surface area contributed by atoms with Gasteiger partial charge < -0.3 is 10.6 Å². The van der Waals surface area contributed by atoms with Gasteiger partial charge in [-0.2, -0.15) is 0 Å². The van der Waals surface area contributed by atoms with Crippen molar-refractivity contribution in [3.05, 3.63) is 0 Å². The predicted octanol–water partition coefficient (Wildman–Crippen LogP) is 1.59. The maximum absolute atomic E-state index is 12.9. The maximum atomic E-state index is 12.9. The van der Waals surface area contributed by atoms with Gasteiger partial charge in [0.25, 0.3) is 0 Å². The summed E-state index contributed by atoms with van der Waals surface area (Å²) in [6.45, 7) is 4.02. The van der Waals surface area contributed by atoms with Gasteiger partial charge >= 0.3 is 0 Å². The van der Waals surface area contributed by atoms with E-state index in [0.717, 1.165) is 38.8 Å². The highest BCUT2D eigenvalue weighted by Crippen LogP contribution is 2.34. The molecule has 4 heteroatoms. The van der Waals surface area contributed by atoms with E-state index in [4.69, 9.17) is 5.73 Å². The molecular weight excluding hydrogens is 250 g/mol. The molecule has 20 heavy (non-hydrogen) atoms. The molecule has 0 radical (unpaired) electrons. The highest BCUT2D eigenvalue weighted by molar-refractivity contribution is 5.86. The molecule has 4 nitrogen and oxygen atoms in total. The van der Waals surface area contributed by atoms with Crippen LogP contribution in [0, 0.1) is 5.92 Å². The first-order valence-electron chi connectivity index (χ1n) is 8.30. The Morgan fingerprint density at radius 1 is 1.20 bits per heavy atom. The minimum Gasteiger partial charge on any atom is -0.339 e. The van der Waals surface area contributed by atoms with Crippen molar-refractivity contribution in [2.24, 2.45) is 11.7 Å². The largest absolute Gasteiger partial charge is 0.339 e. The lowest BCUT2D eigenvalue weighted by molar-refractivity contribution is -0.139. The van der Waals surface area contributed by atoms with Crippen LogP contribution in [0.3, 0.4) is 0 Å². The number of likely N-dealkylation sites (N-methyl/N-ethyl adjacent to an activating group) is 1. The van der Waals surface area contributed by atoms with Crippen molar-refractivity contribution < 1.29 is 4.79 Å². The van der Waals surface area contributed by atoms with Crippen LogP contribution in [0.5, 0.6) is 0 Å². The molecule has 3 rings (SSSR count). The van der Waals surface area contributed by atoms with Crippen molar-refractivity contribution in [2.45, 2.75) is 69.5 Å². The van der Waals surface area contributed by atoms with Gasteiger partial charge in [-0.25, -0.2) is 0 Å². The Morgan fingerprint density at radius 2 is 1.95 bits per heavy atom. The maximum Gasteiger partial charge on any atom is 0.242 e. The lowest BCUT2D eigenvalue weighted by Crippen LogP contribution is -2.58. The molecule has 2 bridgehead atoms. The molecule has 2 saturated heterocycles. The van der Waals surface area contributed by atoms with E-state index < -0.39 is 5.54 Å². The molecular formula is C16H29N3O. The molecule has 2 N–H and O–H groups in total. The van der Waals surface area contributed by atoms with Crippen molar-refractivity contribution in [2.75, 3.05) is 20.1 Å². The van der Waals surface area contributed by atoms with Crippen LogP contribution in [-0.2, 0) is 4.79 Å². The zero-order chi connectivity index (χ0) is 14.3. The average molecular weight is 279 g/mol. The fraction of sp³-hybridized carbons (Fsp3) is 0.938. The molecule has 114 valence electrons. The van der Waals surface area contributed by atoms with E-state index in [-0.39, 0.29) is 5.91 Å². The summed E-state index contributed by atoms with van der Waals surface area (Å²) in [7, 11) is 2.22. The molecule has 1 saturated carbocycles. The van der Waals surface area contributed by atoms with Crippen LogP contribution in [0.25, 0.3) is 0 Å². The zero-order valence-corrected chi connectivity index (χ0v) is 13.0. The number of nitrogens with zero attached hydrogens (tertiary/aromatic N) is 2. The van der Waals surface area contributed by atoms with Gasteiger partial charge in [-0.15, -0.1) is 0 Å². The fourth-order valence-electron chi connectivity index (χ4n) is 4.59. The van der Waals surface area contributed by atoms with E-state index in [1.807, 2.05) is 0 Å². The molecule has 0 spiro atoms. The first-order chi connectivity index (χ1) is 9.49. The summed E-state index contributed by atoms with van der Waals surface area (Å²) in [5, 5.41) is 0. The standard InChI is InChI=1S/C16H29N3O/c1-12-4-3-8-16(17,10-12)15(20)19-9-7-13-5-6-14(11-19)18(13)2/h12-14H,3-11,17H2,1-2H3. The topological polar surface area (TPSA) is 49.6 Å². The Hall–Kier alpha value is -0.610. The van der Waals surface area contributed by atoms with Crippen molar-refractivity contribution in [3.63, 3.8) is 0 Å². The normalized spacial score (nSPS) is 42.5. The highest BCUT2D eigenvalue weighted by Gasteiger charge is 2.43. The van der Waals surface area contributed by atoms with Gasteiger partial charge in [0.1, 0.15) is 0 Å². The van der Waals surface area contributed by atoms with Gasteiger partial charge in [0.2, 0.25) is 5.91 Å². The molecule has 0 aromatic heterocycles. The number of fused-ring (bicyclic) bond motifs is 2. The Bertz CT molecular complexity index is 386. The molecule has 1 amide bonds. The summed E-state index contributed by atoms with van der Waals surface area (Å²) in [4.78, 5) is 17.5. The Labute approximate surface area is 122 Å². The number of carbonyl (C=O) groups is 1. The van der Waals surface area contributed by atoms with Crippen LogP contribution in [0.15, 0.2) is 0 Å². The summed E-state index contributed by atoms with van der Waals surface area (Å²) < 4.78 is 0. The van der Waals surface area contributed by atoms with Crippen molar-refractivity contribution >= 4 is 5.91 Å². The van der Waals surface area contributed by atoms with Gasteiger partial charge in [-0.3, -0.25) is 9.69 Å². The van der Waals surface area contributed by atoms with Gasteiger partial charge in [0.15, 0.2) is 0 Å². The minimum atomic E-state index is -0.584. The molecule has 3 aliphatic rings. The molecule has 3 fully saturated rings. The van der Waals surface area contributed by atoms with E-state index in [1.54, 1.807) is 0 Å². The molecule has 0 aromatic carbocycles. The second-order valence-corrected chi connectivity index (χ2v) is 7.45. The van der Waals surface area contributed by atoms with Crippen LogP contribution in [0.4, 0.5) is 0 Å². The first kappa shape index (κ1) is 14.3. The van der Waals surface area contributed by atoms with E-state index in [2.05, 4.69) is 23.8 Å². The summed E-state index contributed by atoms with van der Waals surface area (Å²) in [5.74, 6) is 0.814. The Balaban J connectivity index is 1.71. The molecule has 4 unspecified atom stereocenters. The summed E-state index contributed by atoms with van der Waals surface area (Å²) >= 11 is 0. The van der Waals surface area contributed by atoms with Crippen LogP contribution in [-0.4, -0.2) is 53.5 Å². The van der Waals surface area contributed by atoms with Crippen LogP contribution in [0.2, 0.25) is 0 Å². The van der Waals surface area contributed by atoms with E-state index >= 15 is 0 Å². The third-order valence-corrected chi connectivity index (χ3v) is 5.89. The quantitative estimate of drug-likeness (QED) is 0.793. The number of nitrogens with two attached hydrogens (primary N) is 1. The van der Waals surface area contributed by atoms with Crippen molar-refractivity contribution in [1.82, 2.24) is 9.80 Å². The SMILES string of the molecule is CC1CCCC(N)(C(=O)N2CCC3CCC(C2)N3C)C1. The van der Waals surface area contributed by atoms with Gasteiger partial charge in [0.05, 0.1) is 5.54 Å². The fourth-order valence-corrected chi connectivity index (χ4v) is 4.59. The number of hydrogen-bond donors (Lipinski definition) is 1. The number of carbonyl (C=O) groups excluding carboxylic acids is 1. The van der Waals surface area contributed by atoms with E-state index in [9.17, 15) is 4.79 Å². The smallest absolute Gasteiger partial charge is 0.242 e. The third-order valence-electron chi connectivity index (χ3n) is 5.89. The summed E-state index contributed by atoms with van der Waals surface area (Å²) in [5.41, 5.74) is 5.92. The molecule has 1 aliphatic carbocycles. The van der Waals surface area contributed by atoms with Gasteiger partial charge in [-0.1, -0.05) is 19.8 Å². The number of rotatable bonds is 1. The number of amides is 1. The Morgan fingerprint density at radius 3 is 2.70 bits per heavy atom. The predicted molar refractivity (Wildman–Crippen MR) is 80.3 cm³/mol. The highest BCUT2D eigenvalue weighted by atomic mass is 16.2. The van der Waals surface area contributed by atoms with Crippen LogP contribution in [0.1, 0.15) is 51.9 Å². The van der Waals surface area contributed by atoms with Crippen LogP contribution >= 0.6 is 0 Å². The van der Waals surface area contributed by atoms with Gasteiger partial charge in [0, 0.05) is 25.2 Å². The molecule has 0 aromatic rings. The van der Waals surface area contributed by atoms with Crippen molar-refractivity contribution in [1.29, 1.82) is 0 Å². The summed E-state index contributed by atoms with van der Waals surface area (Å²) in [6.07, 6.45) is 7.71. The molecule has 2 aliphatic heterocycles. The minimum absolute atomic E-state index is 0.227. The second-order valence-electron chi connectivity index (χ2n) is 7.45. The van der Waals surface area contributed by atoms with E-state index in [1.165, 1.54) is 19.3 Å². The molecule has 4 atom stereocenters. The average Bonchev–Trinajstić information content (AvgIpc) is 2.62. The lowest BCUT2D eigenvalue weighted by atomic mass is 9.76.